The lowest BCUT2D eigenvalue weighted by atomic mass is 10.1. The SMILES string of the molecule is COC[C@H]1O[C@@H](n2cc3cc(-c4c(OCCN)cccc4OCC[NH3+])[nH]c3nc2=O)[C@@H](F)C1OC. The normalized spacial score (nSPS) is 22.1. The van der Waals surface area contributed by atoms with Gasteiger partial charge in [-0.3, -0.25) is 4.57 Å². The molecular formula is C23H31FN5O6+. The van der Waals surface area contributed by atoms with E-state index in [9.17, 15) is 4.79 Å². The van der Waals surface area contributed by atoms with Crippen molar-refractivity contribution < 1.29 is 33.8 Å². The number of methoxy groups -OCH3 is 2. The Kier molecular flexibility index (Phi) is 7.98. The summed E-state index contributed by atoms with van der Waals surface area (Å²) in [6, 6.07) is 7.24. The number of nitrogens with zero attached hydrogens (tertiary/aromatic N) is 2. The smallest absolute Gasteiger partial charge is 0.351 e. The Balaban J connectivity index is 1.75. The molecule has 1 unspecified atom stereocenters. The average Bonchev–Trinajstić information content (AvgIpc) is 3.40. The number of aromatic amines is 1. The van der Waals surface area contributed by atoms with E-state index >= 15 is 4.39 Å². The first-order chi connectivity index (χ1) is 17.0. The minimum atomic E-state index is -1.58. The number of ether oxygens (including phenoxy) is 5. The summed E-state index contributed by atoms with van der Waals surface area (Å²) in [5.74, 6) is 1.14. The molecule has 0 aliphatic carbocycles. The summed E-state index contributed by atoms with van der Waals surface area (Å²) in [5.41, 5.74) is 10.4. The molecule has 0 amide bonds. The van der Waals surface area contributed by atoms with E-state index in [1.54, 1.807) is 12.1 Å². The van der Waals surface area contributed by atoms with Gasteiger partial charge in [0.1, 0.15) is 49.1 Å². The quantitative estimate of drug-likeness (QED) is 0.345. The molecule has 0 radical (unpaired) electrons. The number of nitrogens with one attached hydrogen (secondary N) is 1. The van der Waals surface area contributed by atoms with Crippen LogP contribution in [-0.4, -0.2) is 80.0 Å². The van der Waals surface area contributed by atoms with Crippen molar-refractivity contribution in [1.82, 2.24) is 14.5 Å². The zero-order valence-electron chi connectivity index (χ0n) is 19.7. The average molecular weight is 493 g/mol. The molecule has 190 valence electrons. The standard InChI is InChI=1S/C23H30FN5O6/c1-31-12-17-20(32-2)19(24)22(35-17)29-11-13-10-14(27-21(13)28-23(29)30)18-15(33-8-6-25)4-3-5-16(18)34-9-7-26/h3-5,10-11,17,19-20,22H,6-9,12,25-26H2,1-2H3,(H,27,28,30)/p+1/t17-,19+,20?,22-/m1/s1. The molecule has 12 heteroatoms. The van der Waals surface area contributed by atoms with E-state index in [-0.39, 0.29) is 6.61 Å². The van der Waals surface area contributed by atoms with Gasteiger partial charge in [0.2, 0.25) is 0 Å². The van der Waals surface area contributed by atoms with Crippen molar-refractivity contribution in [2.45, 2.75) is 24.6 Å². The fraction of sp³-hybridized carbons (Fsp3) is 0.478. The van der Waals surface area contributed by atoms with Crippen LogP contribution < -0.4 is 26.6 Å². The highest BCUT2D eigenvalue weighted by molar-refractivity contribution is 5.86. The second-order valence-corrected chi connectivity index (χ2v) is 8.05. The number of hydrogen-bond acceptors (Lipinski definition) is 8. The minimum absolute atomic E-state index is 0.129. The number of rotatable bonds is 11. The van der Waals surface area contributed by atoms with Crippen molar-refractivity contribution in [1.29, 1.82) is 0 Å². The number of hydrogen-bond donors (Lipinski definition) is 3. The molecule has 4 rings (SSSR count). The van der Waals surface area contributed by atoms with Gasteiger partial charge >= 0.3 is 5.69 Å². The van der Waals surface area contributed by atoms with Crippen LogP contribution in [0.15, 0.2) is 35.3 Å². The van der Waals surface area contributed by atoms with Crippen LogP contribution in [0.25, 0.3) is 22.3 Å². The maximum Gasteiger partial charge on any atom is 0.351 e. The molecular weight excluding hydrogens is 461 g/mol. The maximum atomic E-state index is 15.2. The third-order valence-electron chi connectivity index (χ3n) is 5.71. The largest absolute Gasteiger partial charge is 0.491 e. The lowest BCUT2D eigenvalue weighted by Crippen LogP contribution is -2.52. The van der Waals surface area contributed by atoms with Gasteiger partial charge in [-0.1, -0.05) is 6.07 Å². The second kappa shape index (κ2) is 11.1. The number of halogens is 1. The fourth-order valence-corrected chi connectivity index (χ4v) is 4.19. The first-order valence-corrected chi connectivity index (χ1v) is 11.3. The summed E-state index contributed by atoms with van der Waals surface area (Å²) in [4.78, 5) is 20.1. The van der Waals surface area contributed by atoms with Gasteiger partial charge in [-0.05, 0) is 18.2 Å². The van der Waals surface area contributed by atoms with Gasteiger partial charge < -0.3 is 40.1 Å². The Morgan fingerprint density at radius 1 is 1.26 bits per heavy atom. The molecule has 1 saturated heterocycles. The number of alkyl halides is 1. The number of H-pyrrole nitrogens is 1. The van der Waals surface area contributed by atoms with Crippen molar-refractivity contribution in [3.05, 3.63) is 40.9 Å². The topological polar surface area (TPSA) is 150 Å². The van der Waals surface area contributed by atoms with Gasteiger partial charge in [0.25, 0.3) is 0 Å². The van der Waals surface area contributed by atoms with Crippen molar-refractivity contribution in [3.8, 4) is 22.8 Å². The Morgan fingerprint density at radius 3 is 2.66 bits per heavy atom. The molecule has 35 heavy (non-hydrogen) atoms. The van der Waals surface area contributed by atoms with Crippen molar-refractivity contribution in [3.63, 3.8) is 0 Å². The summed E-state index contributed by atoms with van der Waals surface area (Å²) in [6.45, 7) is 1.78. The summed E-state index contributed by atoms with van der Waals surface area (Å²) >= 11 is 0. The molecule has 0 bridgehead atoms. The van der Waals surface area contributed by atoms with Crippen LogP contribution in [0.2, 0.25) is 0 Å². The molecule has 1 aliphatic heterocycles. The van der Waals surface area contributed by atoms with Gasteiger partial charge in [0, 0.05) is 32.3 Å². The Hall–Kier alpha value is -3.03. The highest BCUT2D eigenvalue weighted by Gasteiger charge is 2.47. The van der Waals surface area contributed by atoms with Gasteiger partial charge in [-0.15, -0.1) is 0 Å². The molecule has 1 aromatic carbocycles. The van der Waals surface area contributed by atoms with Crippen LogP contribution in [0, 0.1) is 0 Å². The lowest BCUT2D eigenvalue weighted by Gasteiger charge is -2.16. The van der Waals surface area contributed by atoms with Gasteiger partial charge in [-0.25, -0.2) is 9.18 Å². The highest BCUT2D eigenvalue weighted by Crippen LogP contribution is 2.39. The van der Waals surface area contributed by atoms with Crippen molar-refractivity contribution in [2.75, 3.05) is 47.1 Å². The fourth-order valence-electron chi connectivity index (χ4n) is 4.19. The van der Waals surface area contributed by atoms with Crippen LogP contribution in [0.5, 0.6) is 11.5 Å². The van der Waals surface area contributed by atoms with E-state index < -0.39 is 30.3 Å². The third-order valence-corrected chi connectivity index (χ3v) is 5.71. The maximum absolute atomic E-state index is 15.2. The Bertz CT molecular complexity index is 1170. The number of aromatic nitrogens is 3. The van der Waals surface area contributed by atoms with Gasteiger partial charge in [-0.2, -0.15) is 4.98 Å². The van der Waals surface area contributed by atoms with Crippen LogP contribution in [-0.2, 0) is 14.2 Å². The summed E-state index contributed by atoms with van der Waals surface area (Å²) < 4.78 is 44.2. The van der Waals surface area contributed by atoms with Crippen molar-refractivity contribution in [2.24, 2.45) is 5.73 Å². The molecule has 0 saturated carbocycles. The highest BCUT2D eigenvalue weighted by atomic mass is 19.1. The van der Waals surface area contributed by atoms with E-state index in [0.29, 0.717) is 60.1 Å². The van der Waals surface area contributed by atoms with Gasteiger partial charge in [0.05, 0.1) is 17.9 Å². The Labute approximate surface area is 201 Å². The predicted molar refractivity (Wildman–Crippen MR) is 125 cm³/mol. The molecule has 1 aliphatic rings. The number of nitrogens with two attached hydrogens (primary N) is 1. The number of benzene rings is 1. The second-order valence-electron chi connectivity index (χ2n) is 8.05. The van der Waals surface area contributed by atoms with E-state index in [4.69, 9.17) is 29.4 Å². The molecule has 3 heterocycles. The van der Waals surface area contributed by atoms with Crippen LogP contribution in [0.1, 0.15) is 6.23 Å². The van der Waals surface area contributed by atoms with E-state index in [1.165, 1.54) is 20.4 Å². The molecule has 3 aromatic rings. The zero-order valence-corrected chi connectivity index (χ0v) is 19.7. The van der Waals surface area contributed by atoms with Crippen molar-refractivity contribution >= 4 is 11.0 Å². The molecule has 2 aromatic heterocycles. The van der Waals surface area contributed by atoms with Gasteiger partial charge in [0.15, 0.2) is 12.4 Å². The third kappa shape index (κ3) is 5.02. The molecule has 4 atom stereocenters. The molecule has 6 N–H and O–H groups in total. The summed E-state index contributed by atoms with van der Waals surface area (Å²) in [5, 5.41) is 0.580. The van der Waals surface area contributed by atoms with Crippen LogP contribution in [0.3, 0.4) is 0 Å². The van der Waals surface area contributed by atoms with E-state index in [0.717, 1.165) is 4.57 Å². The van der Waals surface area contributed by atoms with E-state index in [2.05, 4.69) is 15.7 Å². The lowest BCUT2D eigenvalue weighted by molar-refractivity contribution is -0.370. The Morgan fingerprint density at radius 2 is 2.00 bits per heavy atom. The summed E-state index contributed by atoms with van der Waals surface area (Å²) in [6.07, 6.45) is -2.79. The monoisotopic (exact) mass is 492 g/mol. The van der Waals surface area contributed by atoms with Crippen LogP contribution in [0.4, 0.5) is 4.39 Å². The number of quaternary nitrogens is 1. The zero-order chi connectivity index (χ0) is 24.9. The minimum Gasteiger partial charge on any atom is -0.491 e. The first kappa shape index (κ1) is 25.1. The molecule has 11 nitrogen and oxygen atoms in total. The van der Waals surface area contributed by atoms with E-state index in [1.807, 2.05) is 12.1 Å². The molecule has 1 fully saturated rings. The summed E-state index contributed by atoms with van der Waals surface area (Å²) in [7, 11) is 2.88. The molecule has 0 spiro atoms. The number of fused-ring (bicyclic) bond motifs is 1. The first-order valence-electron chi connectivity index (χ1n) is 11.3. The predicted octanol–water partition coefficient (Wildman–Crippen LogP) is 0.247. The van der Waals surface area contributed by atoms with Crippen LogP contribution >= 0.6 is 0 Å².